The summed E-state index contributed by atoms with van der Waals surface area (Å²) in [5.74, 6) is 0.101. The number of hydrogen-bond donors (Lipinski definition) is 1. The van der Waals surface area contributed by atoms with Gasteiger partial charge in [0.15, 0.2) is 9.84 Å². The van der Waals surface area contributed by atoms with E-state index in [1.807, 2.05) is 18.2 Å². The number of ether oxygens (including phenoxy) is 2. The van der Waals surface area contributed by atoms with Gasteiger partial charge in [-0.1, -0.05) is 25.1 Å². The highest BCUT2D eigenvalue weighted by Crippen LogP contribution is 2.51. The summed E-state index contributed by atoms with van der Waals surface area (Å²) in [5.41, 5.74) is 1.36. The average molecular weight is 780 g/mol. The smallest absolute Gasteiger partial charge is 0.407 e. The predicted octanol–water partition coefficient (Wildman–Crippen LogP) is 4.86. The van der Waals surface area contributed by atoms with E-state index < -0.39 is 21.2 Å². The number of benzene rings is 2. The van der Waals surface area contributed by atoms with Gasteiger partial charge in [-0.2, -0.15) is 0 Å². The number of sulfone groups is 1. The van der Waals surface area contributed by atoms with E-state index in [2.05, 4.69) is 32.7 Å². The molecule has 0 spiro atoms. The molecule has 3 atom stereocenters. The molecular weight excluding hydrogens is 722 g/mol. The second-order valence-corrected chi connectivity index (χ2v) is 18.7. The number of carbonyl (C=O) groups excluding carboxylic acids is 2. The normalized spacial score (nSPS) is 25.1. The van der Waals surface area contributed by atoms with Crippen molar-refractivity contribution < 1.29 is 31.9 Å². The van der Waals surface area contributed by atoms with Crippen molar-refractivity contribution in [2.45, 2.75) is 78.6 Å². The van der Waals surface area contributed by atoms with E-state index in [1.54, 1.807) is 30.2 Å². The molecule has 1 saturated carbocycles. The monoisotopic (exact) mass is 779 g/mol. The average Bonchev–Trinajstić information content (AvgIpc) is 3.64. The molecule has 1 aliphatic carbocycles. The summed E-state index contributed by atoms with van der Waals surface area (Å²) in [7, 11) is -0.317. The fourth-order valence-corrected chi connectivity index (χ4v) is 12.2. The number of carbonyl (C=O) groups is 2. The van der Waals surface area contributed by atoms with Crippen molar-refractivity contribution in [1.29, 1.82) is 0 Å². The molecule has 0 radical (unpaired) electrons. The number of nitrogens with one attached hydrogen (secondary N) is 1. The molecule has 0 aromatic heterocycles. The van der Waals surface area contributed by atoms with E-state index in [9.17, 15) is 18.0 Å². The summed E-state index contributed by atoms with van der Waals surface area (Å²) in [5, 5.41) is 2.67. The van der Waals surface area contributed by atoms with Gasteiger partial charge in [-0.15, -0.1) is 0 Å². The summed E-state index contributed by atoms with van der Waals surface area (Å²) in [6.45, 7) is 11.3. The van der Waals surface area contributed by atoms with Gasteiger partial charge in [0.2, 0.25) is 5.91 Å². The van der Waals surface area contributed by atoms with E-state index in [0.29, 0.717) is 49.8 Å². The third kappa shape index (κ3) is 8.04. The van der Waals surface area contributed by atoms with Crippen LogP contribution in [0.1, 0.15) is 56.9 Å². The molecule has 4 heterocycles. The molecule has 1 N–H and O–H groups in total. The highest BCUT2D eigenvalue weighted by atomic mass is 32.2. The Morgan fingerprint density at radius 2 is 1.64 bits per heavy atom. The zero-order chi connectivity index (χ0) is 38.8. The summed E-state index contributed by atoms with van der Waals surface area (Å²) in [6.07, 6.45) is 7.70. The number of rotatable bonds is 13. The number of amides is 2. The van der Waals surface area contributed by atoms with Crippen LogP contribution in [0.5, 0.6) is 0 Å². The maximum Gasteiger partial charge on any atom is 0.407 e. The number of piperidine rings is 2. The zero-order valence-corrected chi connectivity index (χ0v) is 33.3. The van der Waals surface area contributed by atoms with Gasteiger partial charge in [-0.05, 0) is 131 Å². The molecule has 55 heavy (non-hydrogen) atoms. The highest BCUT2D eigenvalue weighted by Gasteiger charge is 2.54. The minimum atomic E-state index is -3.51. The Labute approximate surface area is 326 Å². The van der Waals surface area contributed by atoms with E-state index in [-0.39, 0.29) is 34.7 Å². The van der Waals surface area contributed by atoms with Gasteiger partial charge in [0.25, 0.3) is 0 Å². The van der Waals surface area contributed by atoms with Crippen molar-refractivity contribution in [2.75, 3.05) is 84.6 Å². The van der Waals surface area contributed by atoms with Crippen molar-refractivity contribution in [3.63, 3.8) is 0 Å². The lowest BCUT2D eigenvalue weighted by Crippen LogP contribution is -2.68. The summed E-state index contributed by atoms with van der Waals surface area (Å²) in [6, 6.07) is 14.4. The Morgan fingerprint density at radius 1 is 0.927 bits per heavy atom. The van der Waals surface area contributed by atoms with Crippen molar-refractivity contribution >= 4 is 27.5 Å². The van der Waals surface area contributed by atoms with Crippen molar-refractivity contribution in [3.8, 4) is 0 Å². The lowest BCUT2D eigenvalue weighted by atomic mass is 9.57. The predicted molar refractivity (Wildman–Crippen MR) is 210 cm³/mol. The number of alkyl carbamates (subject to hydrolysis) is 1. The fraction of sp³-hybridized carbons (Fsp3) is 0.619. The lowest BCUT2D eigenvalue weighted by Gasteiger charge is -2.55. The molecule has 4 aliphatic heterocycles. The molecule has 13 heteroatoms. The molecule has 0 unspecified atom stereocenters. The van der Waals surface area contributed by atoms with E-state index in [1.165, 1.54) is 25.7 Å². The number of anilines is 1. The van der Waals surface area contributed by atoms with Crippen LogP contribution in [0, 0.1) is 17.7 Å². The lowest BCUT2D eigenvalue weighted by molar-refractivity contribution is -0.126. The van der Waals surface area contributed by atoms with Gasteiger partial charge in [0.1, 0.15) is 11.4 Å². The molecule has 2 aromatic carbocycles. The van der Waals surface area contributed by atoms with Crippen LogP contribution in [0.4, 0.5) is 14.9 Å². The van der Waals surface area contributed by atoms with Crippen LogP contribution in [0.15, 0.2) is 66.1 Å². The number of hydrogen-bond acceptors (Lipinski definition) is 9. The van der Waals surface area contributed by atoms with Crippen molar-refractivity contribution in [3.05, 3.63) is 72.6 Å². The van der Waals surface area contributed by atoms with Crippen molar-refractivity contribution in [2.24, 2.45) is 11.8 Å². The number of nitrogens with zero attached hydrogens (tertiary/aromatic N) is 4. The SMILES string of the molecule is C=CC(=O)N1CCC(S(=O)(=O)c2ccc(N3CC(CN4CCC([C@@](CN5CCC5)(c5cccc(F)c5)[C@H]5CCC[C@@H]5NC(=O)OC)CC4)(OC)C3)cc2)CC1. The molecule has 300 valence electrons. The number of likely N-dealkylation sites (tertiary alicyclic amines) is 3. The van der Waals surface area contributed by atoms with E-state index in [4.69, 9.17) is 9.47 Å². The van der Waals surface area contributed by atoms with Crippen LogP contribution in [0.3, 0.4) is 0 Å². The Kier molecular flexibility index (Phi) is 11.9. The van der Waals surface area contributed by atoms with Crippen LogP contribution < -0.4 is 10.2 Å². The first-order valence-corrected chi connectivity index (χ1v) is 21.7. The number of methoxy groups -OCH3 is 2. The van der Waals surface area contributed by atoms with Crippen LogP contribution in [-0.4, -0.2) is 132 Å². The van der Waals surface area contributed by atoms with Crippen LogP contribution in [0.25, 0.3) is 0 Å². The van der Waals surface area contributed by atoms with Gasteiger partial charge >= 0.3 is 6.09 Å². The van der Waals surface area contributed by atoms with Gasteiger partial charge < -0.3 is 34.4 Å². The first-order chi connectivity index (χ1) is 26.5. The third-order valence-corrected chi connectivity index (χ3v) is 15.9. The van der Waals surface area contributed by atoms with Crippen LogP contribution in [0.2, 0.25) is 0 Å². The van der Waals surface area contributed by atoms with E-state index >= 15 is 4.39 Å². The quantitative estimate of drug-likeness (QED) is 0.285. The maximum absolute atomic E-state index is 15.1. The molecule has 5 fully saturated rings. The molecule has 0 bridgehead atoms. The third-order valence-electron chi connectivity index (χ3n) is 13.6. The minimum Gasteiger partial charge on any atom is -0.453 e. The molecule has 7 rings (SSSR count). The molecule has 5 aliphatic rings. The maximum atomic E-state index is 15.1. The first-order valence-electron chi connectivity index (χ1n) is 20.1. The summed E-state index contributed by atoms with van der Waals surface area (Å²) >= 11 is 0. The topological polar surface area (TPSA) is 112 Å². The number of halogens is 1. The standard InChI is InChI=1S/C42H58FN5O6S/c1-4-39(49)47-24-18-36(19-25-47)55(51,52)35-14-12-34(13-15-35)48-28-41(29-48,54-3)27-46-22-16-31(17-23-46)42(30-45-20-7-21-45,32-8-5-9-33(43)26-32)37-10-6-11-38(37)44-40(50)53-2/h4-5,8-9,12-15,26,31,36-38H,1,6-7,10-11,16-25,27-30H2,2-3H3,(H,44,50)/t37-,38-,42-/m0/s1. The molecule has 11 nitrogen and oxygen atoms in total. The van der Waals surface area contributed by atoms with Crippen LogP contribution >= 0.6 is 0 Å². The Balaban J connectivity index is 1.01. The van der Waals surface area contributed by atoms with Crippen LogP contribution in [-0.2, 0) is 29.5 Å². The fourth-order valence-electron chi connectivity index (χ4n) is 10.4. The van der Waals surface area contributed by atoms with Gasteiger partial charge in [-0.25, -0.2) is 17.6 Å². The largest absolute Gasteiger partial charge is 0.453 e. The molecule has 4 saturated heterocycles. The van der Waals surface area contributed by atoms with Crippen molar-refractivity contribution in [1.82, 2.24) is 20.0 Å². The Hall–Kier alpha value is -3.52. The highest BCUT2D eigenvalue weighted by molar-refractivity contribution is 7.92. The van der Waals surface area contributed by atoms with Gasteiger partial charge in [0, 0.05) is 50.4 Å². The first kappa shape index (κ1) is 39.7. The summed E-state index contributed by atoms with van der Waals surface area (Å²) < 4.78 is 53.2. The molecule has 2 aromatic rings. The molecular formula is C42H58FN5O6S. The molecule has 2 amide bonds. The Morgan fingerprint density at radius 3 is 2.24 bits per heavy atom. The van der Waals surface area contributed by atoms with Gasteiger partial charge in [0.05, 0.1) is 30.3 Å². The Bertz CT molecular complexity index is 1790. The zero-order valence-electron chi connectivity index (χ0n) is 32.5. The second kappa shape index (κ2) is 16.5. The minimum absolute atomic E-state index is 0.0329. The second-order valence-electron chi connectivity index (χ2n) is 16.5. The van der Waals surface area contributed by atoms with E-state index in [0.717, 1.165) is 82.6 Å². The van der Waals surface area contributed by atoms with Gasteiger partial charge in [-0.3, -0.25) is 4.79 Å². The summed E-state index contributed by atoms with van der Waals surface area (Å²) in [4.78, 5) is 33.7.